The third-order valence-electron chi connectivity index (χ3n) is 6.22. The van der Waals surface area contributed by atoms with Crippen LogP contribution in [0.4, 0.5) is 10.2 Å². The predicted molar refractivity (Wildman–Crippen MR) is 122 cm³/mol. The number of pyridine rings is 1. The molecule has 3 heterocycles. The van der Waals surface area contributed by atoms with Crippen LogP contribution in [-0.4, -0.2) is 40.5 Å². The summed E-state index contributed by atoms with van der Waals surface area (Å²) in [7, 11) is 0. The van der Waals surface area contributed by atoms with Gasteiger partial charge >= 0.3 is 6.01 Å². The number of amides is 1. The van der Waals surface area contributed by atoms with Crippen molar-refractivity contribution in [3.05, 3.63) is 78.5 Å². The number of hydrogen-bond donors (Lipinski definition) is 1. The molecule has 2 aromatic heterocycles. The SMILES string of the molecule is O=C(/C=C/c1cccnc1)NCCC1C2CN(c3nc(Oc4ccccc4)ncc3F)CC12. The number of anilines is 1. The minimum Gasteiger partial charge on any atom is -0.424 e. The number of nitrogens with one attached hydrogen (secondary N) is 1. The maximum atomic E-state index is 14.4. The molecule has 5 rings (SSSR count). The molecule has 0 spiro atoms. The average Bonchev–Trinajstić information content (AvgIpc) is 3.28. The Morgan fingerprint density at radius 2 is 1.97 bits per heavy atom. The van der Waals surface area contributed by atoms with Gasteiger partial charge in [0.2, 0.25) is 5.91 Å². The molecular weight excluding hydrogens is 421 g/mol. The lowest BCUT2D eigenvalue weighted by molar-refractivity contribution is -0.116. The molecule has 1 aromatic carbocycles. The Morgan fingerprint density at radius 3 is 2.73 bits per heavy atom. The van der Waals surface area contributed by atoms with Crippen LogP contribution in [0.25, 0.3) is 6.08 Å². The molecule has 33 heavy (non-hydrogen) atoms. The number of hydrogen-bond acceptors (Lipinski definition) is 6. The number of carbonyl (C=O) groups is 1. The Morgan fingerprint density at radius 1 is 1.15 bits per heavy atom. The molecule has 1 saturated carbocycles. The standard InChI is InChI=1S/C25H24FN5O2/c26-22-14-29-25(33-18-6-2-1-3-7-18)30-24(22)31-15-20-19(21(20)16-31)10-12-28-23(32)9-8-17-5-4-11-27-13-17/h1-9,11,13-14,19-21H,10,12,15-16H2,(H,28,32)/b9-8+. The summed E-state index contributed by atoms with van der Waals surface area (Å²) in [6.07, 6.45) is 8.76. The van der Waals surface area contributed by atoms with Gasteiger partial charge in [0.1, 0.15) is 5.75 Å². The molecule has 168 valence electrons. The van der Waals surface area contributed by atoms with Gasteiger partial charge in [0.25, 0.3) is 0 Å². The topological polar surface area (TPSA) is 80.2 Å². The Balaban J connectivity index is 1.09. The number of carbonyl (C=O) groups excluding carboxylic acids is 1. The highest BCUT2D eigenvalue weighted by Gasteiger charge is 2.55. The summed E-state index contributed by atoms with van der Waals surface area (Å²) < 4.78 is 20.1. The molecule has 2 unspecified atom stereocenters. The first-order chi connectivity index (χ1) is 16.2. The number of nitrogens with zero attached hydrogens (tertiary/aromatic N) is 4. The van der Waals surface area contributed by atoms with Crippen molar-refractivity contribution in [2.24, 2.45) is 17.8 Å². The van der Waals surface area contributed by atoms with E-state index in [-0.39, 0.29) is 17.7 Å². The van der Waals surface area contributed by atoms with Crippen molar-refractivity contribution in [2.75, 3.05) is 24.5 Å². The summed E-state index contributed by atoms with van der Waals surface area (Å²) in [5.41, 5.74) is 0.888. The van der Waals surface area contributed by atoms with Gasteiger partial charge in [-0.1, -0.05) is 24.3 Å². The molecule has 3 aromatic rings. The summed E-state index contributed by atoms with van der Waals surface area (Å²) in [6, 6.07) is 13.1. The molecule has 1 N–H and O–H groups in total. The van der Waals surface area contributed by atoms with Gasteiger partial charge in [-0.15, -0.1) is 0 Å². The molecule has 2 aliphatic rings. The maximum Gasteiger partial charge on any atom is 0.324 e. The van der Waals surface area contributed by atoms with E-state index in [9.17, 15) is 9.18 Å². The number of para-hydroxylation sites is 1. The zero-order valence-electron chi connectivity index (χ0n) is 18.0. The Labute approximate surface area is 191 Å². The molecule has 8 heteroatoms. The lowest BCUT2D eigenvalue weighted by Gasteiger charge is -2.21. The van der Waals surface area contributed by atoms with E-state index in [2.05, 4.69) is 20.3 Å². The van der Waals surface area contributed by atoms with Crippen molar-refractivity contribution in [3.8, 4) is 11.8 Å². The highest BCUT2D eigenvalue weighted by atomic mass is 19.1. The molecule has 1 amide bonds. The highest BCUT2D eigenvalue weighted by Crippen LogP contribution is 2.54. The van der Waals surface area contributed by atoms with Crippen LogP contribution in [0, 0.1) is 23.6 Å². The molecule has 1 aliphatic heterocycles. The average molecular weight is 445 g/mol. The van der Waals surface area contributed by atoms with E-state index in [0.717, 1.165) is 31.3 Å². The largest absolute Gasteiger partial charge is 0.424 e. The second kappa shape index (κ2) is 9.36. The molecule has 0 bridgehead atoms. The van der Waals surface area contributed by atoms with Crippen molar-refractivity contribution >= 4 is 17.8 Å². The normalized spacial score (nSPS) is 21.1. The Hall–Kier alpha value is -3.81. The van der Waals surface area contributed by atoms with Crippen LogP contribution in [0.5, 0.6) is 11.8 Å². The smallest absolute Gasteiger partial charge is 0.324 e. The number of benzene rings is 1. The van der Waals surface area contributed by atoms with Crippen molar-refractivity contribution in [3.63, 3.8) is 0 Å². The highest BCUT2D eigenvalue weighted by molar-refractivity contribution is 5.91. The molecule has 0 radical (unpaired) electrons. The quantitative estimate of drug-likeness (QED) is 0.533. The van der Waals surface area contributed by atoms with Gasteiger partial charge < -0.3 is 15.0 Å². The molecule has 2 fully saturated rings. The van der Waals surface area contributed by atoms with E-state index < -0.39 is 5.82 Å². The van der Waals surface area contributed by atoms with Gasteiger partial charge in [-0.2, -0.15) is 4.98 Å². The first-order valence-corrected chi connectivity index (χ1v) is 11.0. The number of ether oxygens (including phenoxy) is 1. The molecule has 2 atom stereocenters. The lowest BCUT2D eigenvalue weighted by Crippen LogP contribution is -2.28. The van der Waals surface area contributed by atoms with Crippen molar-refractivity contribution in [1.29, 1.82) is 0 Å². The fourth-order valence-corrected chi connectivity index (χ4v) is 4.53. The van der Waals surface area contributed by atoms with Crippen LogP contribution in [0.1, 0.15) is 12.0 Å². The van der Waals surface area contributed by atoms with Crippen LogP contribution >= 0.6 is 0 Å². The fraction of sp³-hybridized carbons (Fsp3) is 0.280. The Kier molecular flexibility index (Phi) is 5.97. The predicted octanol–water partition coefficient (Wildman–Crippen LogP) is 3.70. The summed E-state index contributed by atoms with van der Waals surface area (Å²) in [5, 5.41) is 2.94. The van der Waals surface area contributed by atoms with E-state index in [0.29, 0.717) is 30.0 Å². The molecular formula is C25H24FN5O2. The van der Waals surface area contributed by atoms with E-state index in [4.69, 9.17) is 4.74 Å². The zero-order valence-corrected chi connectivity index (χ0v) is 18.0. The van der Waals surface area contributed by atoms with Crippen molar-refractivity contribution in [2.45, 2.75) is 6.42 Å². The molecule has 7 nitrogen and oxygen atoms in total. The second-order valence-corrected chi connectivity index (χ2v) is 8.34. The summed E-state index contributed by atoms with van der Waals surface area (Å²) in [5.74, 6) is 1.89. The third kappa shape index (κ3) is 5.00. The van der Waals surface area contributed by atoms with Gasteiger partial charge in [-0.05, 0) is 54.0 Å². The second-order valence-electron chi connectivity index (χ2n) is 8.34. The van der Waals surface area contributed by atoms with Crippen LogP contribution in [-0.2, 0) is 4.79 Å². The maximum absolute atomic E-state index is 14.4. The van der Waals surface area contributed by atoms with Gasteiger partial charge in [-0.3, -0.25) is 9.78 Å². The van der Waals surface area contributed by atoms with Gasteiger partial charge in [0, 0.05) is 38.1 Å². The fourth-order valence-electron chi connectivity index (χ4n) is 4.53. The third-order valence-corrected chi connectivity index (χ3v) is 6.22. The first-order valence-electron chi connectivity index (χ1n) is 11.0. The number of piperidine rings is 1. The monoisotopic (exact) mass is 445 g/mol. The summed E-state index contributed by atoms with van der Waals surface area (Å²) in [4.78, 5) is 26.3. The van der Waals surface area contributed by atoms with E-state index in [1.54, 1.807) is 30.6 Å². The summed E-state index contributed by atoms with van der Waals surface area (Å²) in [6.45, 7) is 2.14. The van der Waals surface area contributed by atoms with Crippen molar-refractivity contribution in [1.82, 2.24) is 20.3 Å². The Bertz CT molecular complexity index is 1130. The number of halogens is 1. The van der Waals surface area contributed by atoms with Gasteiger partial charge in [0.05, 0.1) is 6.20 Å². The minimum absolute atomic E-state index is 0.111. The van der Waals surface area contributed by atoms with Crippen molar-refractivity contribution < 1.29 is 13.9 Å². The number of rotatable bonds is 8. The van der Waals surface area contributed by atoms with Crippen LogP contribution in [0.2, 0.25) is 0 Å². The number of fused-ring (bicyclic) bond motifs is 1. The van der Waals surface area contributed by atoms with Crippen LogP contribution in [0.3, 0.4) is 0 Å². The van der Waals surface area contributed by atoms with Crippen LogP contribution < -0.4 is 15.0 Å². The summed E-state index contributed by atoms with van der Waals surface area (Å²) >= 11 is 0. The van der Waals surface area contributed by atoms with E-state index in [1.807, 2.05) is 35.2 Å². The molecule has 1 saturated heterocycles. The zero-order chi connectivity index (χ0) is 22.6. The lowest BCUT2D eigenvalue weighted by atomic mass is 10.2. The van der Waals surface area contributed by atoms with E-state index in [1.165, 1.54) is 6.08 Å². The van der Waals surface area contributed by atoms with Gasteiger partial charge in [-0.25, -0.2) is 9.37 Å². The van der Waals surface area contributed by atoms with Gasteiger partial charge in [0.15, 0.2) is 11.6 Å². The minimum atomic E-state index is -0.444. The van der Waals surface area contributed by atoms with Crippen LogP contribution in [0.15, 0.2) is 67.1 Å². The van der Waals surface area contributed by atoms with E-state index >= 15 is 0 Å². The first kappa shape index (κ1) is 21.1. The number of aromatic nitrogens is 3. The molecule has 1 aliphatic carbocycles.